The molecule has 0 atom stereocenters. The average molecular weight is 222 g/mol. The van der Waals surface area contributed by atoms with Crippen molar-refractivity contribution < 1.29 is 9.59 Å². The highest BCUT2D eigenvalue weighted by Gasteiger charge is 2.00. The second kappa shape index (κ2) is 8.59. The summed E-state index contributed by atoms with van der Waals surface area (Å²) in [6, 6.07) is 0. The minimum Gasteiger partial charge on any atom is -0.370 e. The summed E-state index contributed by atoms with van der Waals surface area (Å²) in [5.74, 6) is -0.582. The van der Waals surface area contributed by atoms with Crippen molar-refractivity contribution >= 4 is 17.4 Å². The van der Waals surface area contributed by atoms with Gasteiger partial charge in [-0.05, 0) is 24.6 Å². The van der Waals surface area contributed by atoms with E-state index in [9.17, 15) is 9.59 Å². The van der Waals surface area contributed by atoms with Crippen LogP contribution in [-0.4, -0.2) is 24.4 Å². The third-order valence-electron chi connectivity index (χ3n) is 1.84. The molecule has 16 heavy (non-hydrogen) atoms. The molecule has 1 amide bonds. The molecule has 0 spiro atoms. The zero-order valence-corrected chi connectivity index (χ0v) is 9.77. The van der Waals surface area contributed by atoms with E-state index >= 15 is 0 Å². The number of aliphatic imine (C=N–C) groups is 1. The molecule has 0 unspecified atom stereocenters. The molecule has 0 saturated carbocycles. The Kier molecular flexibility index (Phi) is 7.67. The highest BCUT2D eigenvalue weighted by atomic mass is 16.1. The van der Waals surface area contributed by atoms with E-state index in [0.717, 1.165) is 12.1 Å². The fourth-order valence-electron chi connectivity index (χ4n) is 0.951. The Labute approximate surface area is 95.9 Å². The maximum absolute atomic E-state index is 11.3. The van der Waals surface area contributed by atoms with Crippen molar-refractivity contribution in [2.24, 2.45) is 10.7 Å². The van der Waals surface area contributed by atoms with Gasteiger partial charge < -0.3 is 5.73 Å². The summed E-state index contributed by atoms with van der Waals surface area (Å²) in [6.07, 6.45) is 8.02. The van der Waals surface area contributed by atoms with E-state index in [4.69, 9.17) is 5.73 Å². The van der Waals surface area contributed by atoms with Gasteiger partial charge in [0.15, 0.2) is 5.78 Å². The van der Waals surface area contributed by atoms with Crippen LogP contribution in [0.5, 0.6) is 0 Å². The molecular formula is C12H18N2O2. The summed E-state index contributed by atoms with van der Waals surface area (Å²) < 4.78 is 0. The fraction of sp³-hybridized carbons (Fsp3) is 0.417. The molecule has 0 heterocycles. The normalized spacial score (nSPS) is 12.5. The third-order valence-corrected chi connectivity index (χ3v) is 1.84. The number of nitrogens with two attached hydrogens (primary N) is 1. The Hall–Kier alpha value is -1.71. The van der Waals surface area contributed by atoms with E-state index < -0.39 is 5.91 Å². The average Bonchev–Trinajstić information content (AvgIpc) is 2.26. The number of hydrogen-bond acceptors (Lipinski definition) is 3. The molecule has 0 aromatic carbocycles. The number of allylic oxidation sites excluding steroid dienone is 4. The maximum atomic E-state index is 11.3. The van der Waals surface area contributed by atoms with Crippen molar-refractivity contribution in [2.45, 2.75) is 26.2 Å². The van der Waals surface area contributed by atoms with E-state index in [1.54, 1.807) is 13.1 Å². The number of carbonyl (C=O) groups is 2. The lowest BCUT2D eigenvalue weighted by molar-refractivity contribution is -0.121. The van der Waals surface area contributed by atoms with Crippen LogP contribution in [0.15, 0.2) is 29.3 Å². The summed E-state index contributed by atoms with van der Waals surface area (Å²) in [5.41, 5.74) is 5.67. The largest absolute Gasteiger partial charge is 0.370 e. The first-order valence-electron chi connectivity index (χ1n) is 5.22. The van der Waals surface area contributed by atoms with Crippen LogP contribution in [0.25, 0.3) is 0 Å². The highest BCUT2D eigenvalue weighted by molar-refractivity contribution is 6.07. The van der Waals surface area contributed by atoms with Gasteiger partial charge in [-0.25, -0.2) is 0 Å². The van der Waals surface area contributed by atoms with Crippen molar-refractivity contribution in [1.29, 1.82) is 0 Å². The van der Waals surface area contributed by atoms with Gasteiger partial charge in [-0.2, -0.15) is 0 Å². The molecule has 0 fully saturated rings. The molecule has 0 saturated heterocycles. The number of amides is 1. The lowest BCUT2D eigenvalue weighted by atomic mass is 10.2. The Morgan fingerprint density at radius 3 is 2.38 bits per heavy atom. The number of rotatable bonds is 7. The molecule has 0 aliphatic rings. The van der Waals surface area contributed by atoms with Crippen LogP contribution in [0.1, 0.15) is 26.2 Å². The summed E-state index contributed by atoms with van der Waals surface area (Å²) in [5, 5.41) is 0. The zero-order valence-electron chi connectivity index (χ0n) is 9.77. The van der Waals surface area contributed by atoms with Crippen molar-refractivity contribution in [3.63, 3.8) is 0 Å². The van der Waals surface area contributed by atoms with E-state index in [1.807, 2.05) is 19.1 Å². The van der Waals surface area contributed by atoms with E-state index in [1.165, 1.54) is 6.08 Å². The highest BCUT2D eigenvalue weighted by Crippen LogP contribution is 1.94. The predicted octanol–water partition coefficient (Wildman–Crippen LogP) is 1.41. The minimum atomic E-state index is -0.461. The molecule has 2 N–H and O–H groups in total. The van der Waals surface area contributed by atoms with Gasteiger partial charge in [-0.3, -0.25) is 14.6 Å². The van der Waals surface area contributed by atoms with Crippen LogP contribution < -0.4 is 5.73 Å². The minimum absolute atomic E-state index is 0.0899. The van der Waals surface area contributed by atoms with Gasteiger partial charge in [-0.15, -0.1) is 0 Å². The third kappa shape index (κ3) is 7.67. The molecule has 88 valence electrons. The van der Waals surface area contributed by atoms with Gasteiger partial charge in [0.1, 0.15) is 0 Å². The lowest BCUT2D eigenvalue weighted by Crippen LogP contribution is -2.11. The van der Waals surface area contributed by atoms with Gasteiger partial charge in [0.25, 0.3) is 0 Å². The van der Waals surface area contributed by atoms with Crippen LogP contribution in [0.3, 0.4) is 0 Å². The van der Waals surface area contributed by atoms with E-state index in [-0.39, 0.29) is 18.6 Å². The number of primary amides is 1. The van der Waals surface area contributed by atoms with Crippen molar-refractivity contribution in [3.05, 3.63) is 24.3 Å². The summed E-state index contributed by atoms with van der Waals surface area (Å²) in [7, 11) is 1.66. The Balaban J connectivity index is 4.19. The maximum Gasteiger partial charge on any atom is 0.217 e. The first kappa shape index (κ1) is 14.3. The van der Waals surface area contributed by atoms with Gasteiger partial charge >= 0.3 is 0 Å². The molecule has 0 aliphatic heterocycles. The molecule has 4 heteroatoms. The summed E-state index contributed by atoms with van der Waals surface area (Å²) in [4.78, 5) is 25.7. The topological polar surface area (TPSA) is 72.5 Å². The number of carbonyl (C=O) groups excluding carboxylic acids is 2. The predicted molar refractivity (Wildman–Crippen MR) is 65.4 cm³/mol. The van der Waals surface area contributed by atoms with Crippen LogP contribution in [0.4, 0.5) is 0 Å². The van der Waals surface area contributed by atoms with E-state index in [2.05, 4.69) is 4.99 Å². The second-order valence-corrected chi connectivity index (χ2v) is 3.23. The molecule has 0 aromatic heterocycles. The van der Waals surface area contributed by atoms with Crippen LogP contribution in [-0.2, 0) is 9.59 Å². The van der Waals surface area contributed by atoms with Gasteiger partial charge in [0.2, 0.25) is 5.91 Å². The molecule has 0 aromatic rings. The Bertz CT molecular complexity index is 328. The smallest absolute Gasteiger partial charge is 0.217 e. The first-order chi connectivity index (χ1) is 7.60. The Morgan fingerprint density at radius 1 is 1.19 bits per heavy atom. The SMILES string of the molecule is CC/C=C\C(/C=C/C(=O)CCC(N)=O)=NC. The van der Waals surface area contributed by atoms with Crippen LogP contribution in [0, 0.1) is 0 Å². The molecule has 0 rings (SSSR count). The molecule has 4 nitrogen and oxygen atoms in total. The fourth-order valence-corrected chi connectivity index (χ4v) is 0.951. The van der Waals surface area contributed by atoms with Gasteiger partial charge in [0.05, 0.1) is 5.71 Å². The molecular weight excluding hydrogens is 204 g/mol. The van der Waals surface area contributed by atoms with Crippen molar-refractivity contribution in [2.75, 3.05) is 7.05 Å². The van der Waals surface area contributed by atoms with Crippen molar-refractivity contribution in [1.82, 2.24) is 0 Å². The number of nitrogens with zero attached hydrogens (tertiary/aromatic N) is 1. The molecule has 0 radical (unpaired) electrons. The van der Waals surface area contributed by atoms with Crippen molar-refractivity contribution in [3.8, 4) is 0 Å². The van der Waals surface area contributed by atoms with Crippen LogP contribution in [0.2, 0.25) is 0 Å². The quantitative estimate of drug-likeness (QED) is 0.522. The van der Waals surface area contributed by atoms with Gasteiger partial charge in [-0.1, -0.05) is 13.0 Å². The molecule has 0 aliphatic carbocycles. The number of hydrogen-bond donors (Lipinski definition) is 1. The second-order valence-electron chi connectivity index (χ2n) is 3.23. The van der Waals surface area contributed by atoms with Crippen LogP contribution >= 0.6 is 0 Å². The Morgan fingerprint density at radius 2 is 1.88 bits per heavy atom. The van der Waals surface area contributed by atoms with Gasteiger partial charge in [0, 0.05) is 19.9 Å². The van der Waals surface area contributed by atoms with E-state index in [0.29, 0.717) is 0 Å². The molecule has 0 bridgehead atoms. The zero-order chi connectivity index (χ0) is 12.4. The first-order valence-corrected chi connectivity index (χ1v) is 5.22. The summed E-state index contributed by atoms with van der Waals surface area (Å²) in [6.45, 7) is 2.02. The number of ketones is 1. The standard InChI is InChI=1S/C12H18N2O2/c1-3-4-5-10(14-2)6-7-11(15)8-9-12(13)16/h4-7H,3,8-9H2,1-2H3,(H2,13,16)/b5-4-,7-6+,14-10?. The summed E-state index contributed by atoms with van der Waals surface area (Å²) >= 11 is 0. The lowest BCUT2D eigenvalue weighted by Gasteiger charge is -1.93. The monoisotopic (exact) mass is 222 g/mol.